The van der Waals surface area contributed by atoms with Gasteiger partial charge in [-0.3, -0.25) is 14.5 Å². The number of halogens is 1. The quantitative estimate of drug-likeness (QED) is 0.445. The number of carbonyl (C=O) groups excluding carboxylic acids is 2. The molecule has 1 saturated heterocycles. The van der Waals surface area contributed by atoms with E-state index in [2.05, 4.69) is 15.4 Å². The minimum Gasteiger partial charge on any atom is -0.503 e. The third-order valence-corrected chi connectivity index (χ3v) is 6.67. The molecule has 2 aliphatic rings. The van der Waals surface area contributed by atoms with Crippen molar-refractivity contribution in [2.45, 2.75) is 32.2 Å². The number of rotatable bonds is 7. The van der Waals surface area contributed by atoms with Crippen molar-refractivity contribution < 1.29 is 28.7 Å². The molecule has 12 heteroatoms. The molecule has 11 nitrogen and oxygen atoms in total. The summed E-state index contributed by atoms with van der Waals surface area (Å²) in [6.07, 6.45) is 3.33. The molecule has 0 radical (unpaired) electrons. The van der Waals surface area contributed by atoms with E-state index in [0.717, 1.165) is 18.5 Å². The number of fused-ring (bicyclic) bond motifs is 2. The van der Waals surface area contributed by atoms with Gasteiger partial charge in [0.2, 0.25) is 11.3 Å². The van der Waals surface area contributed by atoms with Crippen LogP contribution >= 0.6 is 0 Å². The van der Waals surface area contributed by atoms with Crippen LogP contribution in [0.3, 0.4) is 0 Å². The monoisotopic (exact) mass is 523 g/mol. The first-order valence-electron chi connectivity index (χ1n) is 12.0. The molecule has 5 rings (SSSR count). The Bertz CT molecular complexity index is 1410. The number of methoxy groups -OCH3 is 1. The smallest absolute Gasteiger partial charge is 0.362 e. The summed E-state index contributed by atoms with van der Waals surface area (Å²) < 4.78 is 19.6. The predicted molar refractivity (Wildman–Crippen MR) is 132 cm³/mol. The lowest BCUT2D eigenvalue weighted by Gasteiger charge is -2.47. The molecule has 2 N–H and O–H groups in total. The largest absolute Gasteiger partial charge is 0.503 e. The highest BCUT2D eigenvalue weighted by molar-refractivity contribution is 5.98. The van der Waals surface area contributed by atoms with Gasteiger partial charge in [0, 0.05) is 38.1 Å². The maximum atomic E-state index is 13.3. The molecule has 0 aliphatic carbocycles. The van der Waals surface area contributed by atoms with Gasteiger partial charge in [-0.1, -0.05) is 18.2 Å². The first kappa shape index (κ1) is 25.4. The van der Waals surface area contributed by atoms with E-state index in [0.29, 0.717) is 24.5 Å². The maximum Gasteiger partial charge on any atom is 0.362 e. The molecule has 2 aliphatic heterocycles. The molecule has 4 heterocycles. The normalized spacial score (nSPS) is 17.1. The van der Waals surface area contributed by atoms with E-state index in [9.17, 15) is 23.9 Å². The lowest BCUT2D eigenvalue weighted by molar-refractivity contribution is -0.0142. The molecule has 1 unspecified atom stereocenters. The standard InChI is InChI=1S/C26H26FN5O6/c1-37-20-8-5-17(11-28-20)13-30-9-2-10-32-21(30)15-31-14-19(23(33)24(34)22(31)25(32)35)26(36)38-29-12-16-3-6-18(27)7-4-16/h3-8,11,14,21,29,34H,2,9-10,12-13,15H2,1H3. The molecule has 3 aromatic rings. The second-order valence-corrected chi connectivity index (χ2v) is 9.07. The van der Waals surface area contributed by atoms with E-state index >= 15 is 0 Å². The number of hydrogen-bond donors (Lipinski definition) is 2. The zero-order valence-corrected chi connectivity index (χ0v) is 20.6. The van der Waals surface area contributed by atoms with Gasteiger partial charge in [-0.25, -0.2) is 14.2 Å². The highest BCUT2D eigenvalue weighted by atomic mass is 19.1. The Morgan fingerprint density at radius 2 is 1.92 bits per heavy atom. The van der Waals surface area contributed by atoms with Gasteiger partial charge in [-0.2, -0.15) is 0 Å². The molecular formula is C26H26FN5O6. The van der Waals surface area contributed by atoms with Crippen LogP contribution < -0.4 is 15.6 Å². The minimum atomic E-state index is -1.01. The number of benzene rings is 1. The zero-order valence-electron chi connectivity index (χ0n) is 20.6. The number of nitrogens with one attached hydrogen (secondary N) is 1. The van der Waals surface area contributed by atoms with Gasteiger partial charge in [-0.05, 0) is 29.7 Å². The summed E-state index contributed by atoms with van der Waals surface area (Å²) in [5.41, 5.74) is 2.47. The van der Waals surface area contributed by atoms with Crippen LogP contribution in [-0.2, 0) is 24.5 Å². The number of aromatic nitrogens is 2. The van der Waals surface area contributed by atoms with E-state index in [1.165, 1.54) is 35.0 Å². The number of aromatic hydroxyl groups is 1. The van der Waals surface area contributed by atoms with Gasteiger partial charge >= 0.3 is 5.97 Å². The Labute approximate surface area is 217 Å². The number of ether oxygens (including phenoxy) is 1. The third-order valence-electron chi connectivity index (χ3n) is 6.67. The summed E-state index contributed by atoms with van der Waals surface area (Å²) in [6, 6.07) is 9.25. The first-order chi connectivity index (χ1) is 18.4. The summed E-state index contributed by atoms with van der Waals surface area (Å²) in [5, 5.41) is 10.6. The van der Waals surface area contributed by atoms with Crippen LogP contribution in [0.5, 0.6) is 11.6 Å². The molecule has 38 heavy (non-hydrogen) atoms. The van der Waals surface area contributed by atoms with E-state index in [-0.39, 0.29) is 24.9 Å². The summed E-state index contributed by atoms with van der Waals surface area (Å²) >= 11 is 0. The van der Waals surface area contributed by atoms with Crippen molar-refractivity contribution in [3.05, 3.63) is 87.2 Å². The van der Waals surface area contributed by atoms with Crippen molar-refractivity contribution >= 4 is 11.9 Å². The molecule has 1 fully saturated rings. The Hall–Kier alpha value is -4.29. The Balaban J connectivity index is 1.35. The fraction of sp³-hybridized carbons (Fsp3) is 0.308. The van der Waals surface area contributed by atoms with Crippen LogP contribution in [0.1, 0.15) is 38.4 Å². The lowest BCUT2D eigenvalue weighted by atomic mass is 10.1. The van der Waals surface area contributed by atoms with Crippen LogP contribution in [0.25, 0.3) is 0 Å². The van der Waals surface area contributed by atoms with Gasteiger partial charge < -0.3 is 24.1 Å². The second-order valence-electron chi connectivity index (χ2n) is 9.07. The third kappa shape index (κ3) is 4.95. The Morgan fingerprint density at radius 3 is 2.63 bits per heavy atom. The SMILES string of the molecule is COc1ccc(CN2CCCN3C(=O)c4c(O)c(=O)c(C(=O)ONCc5ccc(F)cc5)cn4CC23)cn1. The summed E-state index contributed by atoms with van der Waals surface area (Å²) in [7, 11) is 1.54. The highest BCUT2D eigenvalue weighted by Gasteiger charge is 2.40. The van der Waals surface area contributed by atoms with Crippen LogP contribution in [-0.4, -0.2) is 62.7 Å². The topological polar surface area (TPSA) is 126 Å². The zero-order chi connectivity index (χ0) is 26.8. The van der Waals surface area contributed by atoms with Crippen LogP contribution in [0.15, 0.2) is 53.6 Å². The van der Waals surface area contributed by atoms with Gasteiger partial charge in [0.05, 0.1) is 20.2 Å². The van der Waals surface area contributed by atoms with Crippen molar-refractivity contribution in [1.82, 2.24) is 24.8 Å². The van der Waals surface area contributed by atoms with Crippen LogP contribution in [0.2, 0.25) is 0 Å². The molecule has 0 saturated carbocycles. The number of hydrogen-bond acceptors (Lipinski definition) is 9. The van der Waals surface area contributed by atoms with Gasteiger partial charge in [0.15, 0.2) is 11.4 Å². The lowest BCUT2D eigenvalue weighted by Crippen LogP contribution is -2.60. The number of amides is 1. The Morgan fingerprint density at radius 1 is 1.16 bits per heavy atom. The van der Waals surface area contributed by atoms with E-state index < -0.39 is 34.4 Å². The van der Waals surface area contributed by atoms with Gasteiger partial charge in [0.1, 0.15) is 17.5 Å². The summed E-state index contributed by atoms with van der Waals surface area (Å²) in [5.74, 6) is -2.18. The number of carbonyl (C=O) groups is 2. The maximum absolute atomic E-state index is 13.3. The van der Waals surface area contributed by atoms with Crippen LogP contribution in [0, 0.1) is 5.82 Å². The molecule has 0 spiro atoms. The molecule has 1 atom stereocenters. The van der Waals surface area contributed by atoms with Crippen LogP contribution in [0.4, 0.5) is 4.39 Å². The van der Waals surface area contributed by atoms with Gasteiger partial charge in [0.25, 0.3) is 5.91 Å². The molecule has 1 aromatic carbocycles. The number of nitrogens with zero attached hydrogens (tertiary/aromatic N) is 4. The first-order valence-corrected chi connectivity index (χ1v) is 12.0. The molecule has 1 amide bonds. The van der Waals surface area contributed by atoms with Crippen molar-refractivity contribution in [3.8, 4) is 11.6 Å². The second kappa shape index (κ2) is 10.6. The number of hydroxylamine groups is 1. The molecule has 2 aromatic heterocycles. The highest BCUT2D eigenvalue weighted by Crippen LogP contribution is 2.29. The molecule has 0 bridgehead atoms. The molecular weight excluding hydrogens is 497 g/mol. The van der Waals surface area contributed by atoms with Crippen molar-refractivity contribution in [1.29, 1.82) is 0 Å². The van der Waals surface area contributed by atoms with Crippen molar-refractivity contribution in [2.24, 2.45) is 0 Å². The Kier molecular flexibility index (Phi) is 7.07. The summed E-state index contributed by atoms with van der Waals surface area (Å²) in [4.78, 5) is 51.8. The fourth-order valence-electron chi connectivity index (χ4n) is 4.75. The van der Waals surface area contributed by atoms with E-state index in [1.807, 2.05) is 6.07 Å². The fourth-order valence-corrected chi connectivity index (χ4v) is 4.75. The predicted octanol–water partition coefficient (Wildman–Crippen LogP) is 1.65. The van der Waals surface area contributed by atoms with Crippen molar-refractivity contribution in [3.63, 3.8) is 0 Å². The average Bonchev–Trinajstić information content (AvgIpc) is 2.92. The number of pyridine rings is 2. The minimum absolute atomic E-state index is 0.0783. The van der Waals surface area contributed by atoms with E-state index in [4.69, 9.17) is 9.57 Å². The van der Waals surface area contributed by atoms with Gasteiger partial charge in [-0.15, -0.1) is 5.48 Å². The van der Waals surface area contributed by atoms with Crippen molar-refractivity contribution in [2.75, 3.05) is 20.2 Å². The molecule has 198 valence electrons. The summed E-state index contributed by atoms with van der Waals surface area (Å²) in [6.45, 7) is 2.04. The van der Waals surface area contributed by atoms with E-state index in [1.54, 1.807) is 24.3 Å². The average molecular weight is 524 g/mol.